The topological polar surface area (TPSA) is 237 Å². The Morgan fingerprint density at radius 3 is 1.27 bits per heavy atom. The van der Waals surface area contributed by atoms with Gasteiger partial charge in [0.05, 0.1) is 11.9 Å². The Hall–Kier alpha value is -0.874. The number of rotatable bonds is 4. The van der Waals surface area contributed by atoms with Crippen molar-refractivity contribution in [1.82, 2.24) is 20.4 Å². The van der Waals surface area contributed by atoms with Gasteiger partial charge >= 0.3 is 16.8 Å². The van der Waals surface area contributed by atoms with Crippen LogP contribution in [0.3, 0.4) is 0 Å². The Kier molecular flexibility index (Phi) is 23.7. The average molecular weight is 530 g/mol. The molecule has 0 aromatic rings. The number of carboxylic acid groups (broad SMARTS) is 2. The molecule has 10 N–H and O–H groups in total. The van der Waals surface area contributed by atoms with E-state index >= 15 is 0 Å². The van der Waals surface area contributed by atoms with Crippen molar-refractivity contribution in [2.45, 2.75) is 77.5 Å². The third-order valence-corrected chi connectivity index (χ3v) is 5.53. The van der Waals surface area contributed by atoms with Crippen molar-refractivity contribution in [3.05, 3.63) is 0 Å². The monoisotopic (exact) mass is 529 g/mol. The number of nitrogens with zero attached hydrogens (tertiary/aromatic N) is 2. The van der Waals surface area contributed by atoms with Crippen LogP contribution in [0.2, 0.25) is 0 Å². The largest absolute Gasteiger partial charge is 2.00 e. The first-order valence-electron chi connectivity index (χ1n) is 10.2. The molecule has 2 atom stereocenters. The van der Waals surface area contributed by atoms with Crippen molar-refractivity contribution in [3.63, 3.8) is 0 Å². The summed E-state index contributed by atoms with van der Waals surface area (Å²) >= 11 is 0. The molecular formula is C20H46CoN4O8. The summed E-state index contributed by atoms with van der Waals surface area (Å²) in [6.45, 7) is 14.7. The molecule has 1 radical (unpaired) electrons. The number of aliphatic carboxylic acids is 2. The van der Waals surface area contributed by atoms with Crippen molar-refractivity contribution in [2.75, 3.05) is 39.3 Å². The van der Waals surface area contributed by atoms with Gasteiger partial charge in [0.15, 0.2) is 0 Å². The summed E-state index contributed by atoms with van der Waals surface area (Å²) < 4.78 is 0. The van der Waals surface area contributed by atoms with Crippen molar-refractivity contribution in [1.29, 1.82) is 0 Å². The fraction of sp³-hybridized carbons (Fsp3) is 0.900. The zero-order valence-electron chi connectivity index (χ0n) is 20.7. The van der Waals surface area contributed by atoms with Crippen LogP contribution in [-0.4, -0.2) is 106 Å². The maximum atomic E-state index is 11.2. The molecule has 0 aromatic carbocycles. The summed E-state index contributed by atoms with van der Waals surface area (Å²) in [7, 11) is 0. The molecular weight excluding hydrogens is 483 g/mol. The van der Waals surface area contributed by atoms with E-state index in [1.165, 1.54) is 0 Å². The first-order valence-corrected chi connectivity index (χ1v) is 10.2. The van der Waals surface area contributed by atoms with Gasteiger partial charge < -0.3 is 52.3 Å². The number of hydrogen-bond donors (Lipinski definition) is 2. The predicted molar refractivity (Wildman–Crippen MR) is 120 cm³/mol. The summed E-state index contributed by atoms with van der Waals surface area (Å²) in [5.74, 6) is -2.13. The van der Waals surface area contributed by atoms with Crippen LogP contribution in [0.25, 0.3) is 0 Å². The zero-order chi connectivity index (χ0) is 21.5. The normalized spacial score (nSPS) is 24.1. The molecule has 0 saturated carbocycles. The second kappa shape index (κ2) is 18.5. The van der Waals surface area contributed by atoms with E-state index < -0.39 is 11.9 Å². The molecule has 1 rings (SSSR count). The molecule has 1 aliphatic rings. The van der Waals surface area contributed by atoms with E-state index in [2.05, 4.69) is 38.3 Å². The third-order valence-electron chi connectivity index (χ3n) is 5.53. The first-order chi connectivity index (χ1) is 12.8. The minimum atomic E-state index is -1.07. The second-order valence-electron chi connectivity index (χ2n) is 9.41. The van der Waals surface area contributed by atoms with E-state index in [0.717, 1.165) is 12.8 Å². The molecule has 0 amide bonds. The number of nitrogens with one attached hydrogen (secondary N) is 2. The molecule has 0 spiro atoms. The molecule has 12 nitrogen and oxygen atoms in total. The smallest absolute Gasteiger partial charge is 0.549 e. The minimum absolute atomic E-state index is 0. The Balaban J connectivity index is -0.000000523. The summed E-state index contributed by atoms with van der Waals surface area (Å²) in [6.07, 6.45) is 1.53. The van der Waals surface area contributed by atoms with Crippen LogP contribution in [0.1, 0.15) is 54.4 Å². The summed E-state index contributed by atoms with van der Waals surface area (Å²) in [5.41, 5.74) is -0.423. The van der Waals surface area contributed by atoms with Gasteiger partial charge in [-0.2, -0.15) is 0 Å². The van der Waals surface area contributed by atoms with Crippen LogP contribution in [0.5, 0.6) is 0 Å². The number of carboxylic acids is 2. The standard InChI is InChI=1S/C20H40N4O4.Co.4H2O/c1-15-11-19(3,4)21-8-10-24(14-18(27)28)16(2)12-20(5,6)22-7-9-23(15)13-17(25)26;;;;;/h15-16,21-22H,7-14H2,1-6H3,(H,25,26)(H,27,28);;4*1H2/q;+2;;;;/p-2/t15-,16-;;;;;/m0...../s1. The maximum Gasteiger partial charge on any atom is 2.00 e. The number of hydrogen-bond acceptors (Lipinski definition) is 8. The molecule has 1 saturated heterocycles. The SMILES string of the molecule is C[C@H]1CC(C)(C)NCCN(CC(=O)[O-])[C@@H](C)CC(C)(C)NCCN1CC(=O)[O-].O.O.O.O.[Co+2]. The third kappa shape index (κ3) is 17.2. The van der Waals surface area contributed by atoms with Crippen molar-refractivity contribution >= 4 is 11.9 Å². The Morgan fingerprint density at radius 2 is 1.03 bits per heavy atom. The molecule has 13 heteroatoms. The van der Waals surface area contributed by atoms with Crippen LogP contribution in [0.4, 0.5) is 0 Å². The summed E-state index contributed by atoms with van der Waals surface area (Å²) in [6, 6.07) is 0.123. The van der Waals surface area contributed by atoms with Crippen LogP contribution in [-0.2, 0) is 26.4 Å². The summed E-state index contributed by atoms with van der Waals surface area (Å²) in [4.78, 5) is 26.3. The van der Waals surface area contributed by atoms with Crippen LogP contribution >= 0.6 is 0 Å². The molecule has 1 aliphatic heterocycles. The molecule has 0 aromatic heterocycles. The van der Waals surface area contributed by atoms with Crippen LogP contribution in [0, 0.1) is 0 Å². The predicted octanol–water partition coefficient (Wildman–Crippen LogP) is -4.90. The zero-order valence-corrected chi connectivity index (χ0v) is 21.7. The van der Waals surface area contributed by atoms with Gasteiger partial charge in [0.1, 0.15) is 0 Å². The average Bonchev–Trinajstić information content (AvgIpc) is 2.50. The molecule has 1 heterocycles. The Morgan fingerprint density at radius 1 is 0.758 bits per heavy atom. The molecule has 1 fully saturated rings. The van der Waals surface area contributed by atoms with Crippen LogP contribution < -0.4 is 20.8 Å². The van der Waals surface area contributed by atoms with Crippen molar-refractivity contribution in [3.8, 4) is 0 Å². The Bertz CT molecular complexity index is 494. The van der Waals surface area contributed by atoms with Gasteiger partial charge in [-0.1, -0.05) is 0 Å². The molecule has 0 bridgehead atoms. The van der Waals surface area contributed by atoms with Gasteiger partial charge in [-0.3, -0.25) is 9.80 Å². The molecule has 33 heavy (non-hydrogen) atoms. The second-order valence-corrected chi connectivity index (χ2v) is 9.41. The Labute approximate surface area is 207 Å². The van der Waals surface area contributed by atoms with Gasteiger partial charge in [0.25, 0.3) is 0 Å². The van der Waals surface area contributed by atoms with E-state index in [-0.39, 0.29) is 74.9 Å². The van der Waals surface area contributed by atoms with Crippen molar-refractivity contribution in [2.24, 2.45) is 0 Å². The van der Waals surface area contributed by atoms with Gasteiger partial charge in [-0.25, -0.2) is 0 Å². The fourth-order valence-electron chi connectivity index (χ4n) is 4.20. The maximum absolute atomic E-state index is 11.2. The summed E-state index contributed by atoms with van der Waals surface area (Å²) in [5, 5.41) is 29.4. The van der Waals surface area contributed by atoms with E-state index in [4.69, 9.17) is 0 Å². The number of carbonyl (C=O) groups is 2. The molecule has 0 unspecified atom stereocenters. The fourth-order valence-corrected chi connectivity index (χ4v) is 4.20. The van der Waals surface area contributed by atoms with Crippen LogP contribution in [0.15, 0.2) is 0 Å². The van der Waals surface area contributed by atoms with Gasteiger partial charge in [0.2, 0.25) is 0 Å². The minimum Gasteiger partial charge on any atom is -0.549 e. The first kappa shape index (κ1) is 42.3. The molecule has 0 aliphatic carbocycles. The van der Waals surface area contributed by atoms with Gasteiger partial charge in [-0.05, 0) is 54.4 Å². The van der Waals surface area contributed by atoms with E-state index in [0.29, 0.717) is 26.2 Å². The molecule has 203 valence electrons. The quantitative estimate of drug-likeness (QED) is 0.357. The van der Waals surface area contributed by atoms with E-state index in [1.54, 1.807) is 0 Å². The van der Waals surface area contributed by atoms with E-state index in [9.17, 15) is 19.8 Å². The van der Waals surface area contributed by atoms with Crippen molar-refractivity contribution < 1.29 is 58.5 Å². The number of carbonyl (C=O) groups excluding carboxylic acids is 2. The van der Waals surface area contributed by atoms with Gasteiger partial charge in [0, 0.05) is 62.4 Å². The van der Waals surface area contributed by atoms with E-state index in [1.807, 2.05) is 23.6 Å². The van der Waals surface area contributed by atoms with Gasteiger partial charge in [-0.15, -0.1) is 0 Å².